The van der Waals surface area contributed by atoms with E-state index in [9.17, 15) is 9.59 Å². The van der Waals surface area contributed by atoms with Crippen molar-refractivity contribution in [3.8, 4) is 0 Å². The zero-order valence-electron chi connectivity index (χ0n) is 12.3. The zero-order valence-corrected chi connectivity index (χ0v) is 12.3. The standard InChI is InChI=1S/C14H27N3O2/c1-4-7-16-13(18)9-17(3)14(19)12-8-11(15)6-5-10(12)2/h10-12H,4-9,15H2,1-3H3,(H,16,18). The second kappa shape index (κ2) is 7.48. The van der Waals surface area contributed by atoms with Gasteiger partial charge in [0.05, 0.1) is 6.54 Å². The Balaban J connectivity index is 2.48. The van der Waals surface area contributed by atoms with Crippen LogP contribution in [0.2, 0.25) is 0 Å². The van der Waals surface area contributed by atoms with Crippen molar-refractivity contribution in [1.82, 2.24) is 10.2 Å². The van der Waals surface area contributed by atoms with Crippen LogP contribution in [0.15, 0.2) is 0 Å². The molecule has 1 aliphatic rings. The molecule has 0 aromatic heterocycles. The van der Waals surface area contributed by atoms with Crippen LogP contribution in [-0.2, 0) is 9.59 Å². The maximum atomic E-state index is 12.4. The molecule has 3 atom stereocenters. The quantitative estimate of drug-likeness (QED) is 0.773. The van der Waals surface area contributed by atoms with Gasteiger partial charge in [0.25, 0.3) is 0 Å². The van der Waals surface area contributed by atoms with Gasteiger partial charge in [-0.3, -0.25) is 9.59 Å². The Morgan fingerprint density at radius 3 is 2.68 bits per heavy atom. The Hall–Kier alpha value is -1.10. The summed E-state index contributed by atoms with van der Waals surface area (Å²) in [5.74, 6) is 0.279. The maximum absolute atomic E-state index is 12.4. The number of nitrogens with two attached hydrogens (primary N) is 1. The summed E-state index contributed by atoms with van der Waals surface area (Å²) in [5.41, 5.74) is 5.94. The maximum Gasteiger partial charge on any atom is 0.239 e. The van der Waals surface area contributed by atoms with Gasteiger partial charge in [-0.2, -0.15) is 0 Å². The van der Waals surface area contributed by atoms with E-state index >= 15 is 0 Å². The molecule has 0 radical (unpaired) electrons. The molecule has 2 amide bonds. The van der Waals surface area contributed by atoms with E-state index < -0.39 is 0 Å². The normalized spacial score (nSPS) is 26.8. The minimum absolute atomic E-state index is 0.0345. The van der Waals surface area contributed by atoms with Gasteiger partial charge in [0, 0.05) is 25.6 Å². The number of rotatable bonds is 5. The van der Waals surface area contributed by atoms with E-state index in [0.29, 0.717) is 12.5 Å². The van der Waals surface area contributed by atoms with E-state index in [-0.39, 0.29) is 30.3 Å². The van der Waals surface area contributed by atoms with Gasteiger partial charge < -0.3 is 16.0 Å². The number of carbonyl (C=O) groups is 2. The number of nitrogens with one attached hydrogen (secondary N) is 1. The third kappa shape index (κ3) is 4.82. The molecule has 0 aliphatic heterocycles. The molecule has 3 unspecified atom stereocenters. The van der Waals surface area contributed by atoms with Gasteiger partial charge in [0.2, 0.25) is 11.8 Å². The van der Waals surface area contributed by atoms with Crippen molar-refractivity contribution < 1.29 is 9.59 Å². The lowest BCUT2D eigenvalue weighted by Crippen LogP contribution is -2.45. The van der Waals surface area contributed by atoms with Crippen molar-refractivity contribution in [3.05, 3.63) is 0 Å². The smallest absolute Gasteiger partial charge is 0.239 e. The highest BCUT2D eigenvalue weighted by atomic mass is 16.2. The molecule has 0 aromatic carbocycles. The van der Waals surface area contributed by atoms with Gasteiger partial charge in [-0.15, -0.1) is 0 Å². The van der Waals surface area contributed by atoms with Crippen LogP contribution in [0.3, 0.4) is 0 Å². The molecule has 0 spiro atoms. The first-order valence-corrected chi connectivity index (χ1v) is 7.23. The molecule has 5 heteroatoms. The average molecular weight is 269 g/mol. The highest BCUT2D eigenvalue weighted by Gasteiger charge is 2.33. The van der Waals surface area contributed by atoms with Crippen LogP contribution in [0.25, 0.3) is 0 Å². The summed E-state index contributed by atoms with van der Waals surface area (Å²) in [6.07, 6.45) is 3.62. The molecule has 0 heterocycles. The lowest BCUT2D eigenvalue weighted by atomic mass is 9.77. The molecule has 1 rings (SSSR count). The fraction of sp³-hybridized carbons (Fsp3) is 0.857. The van der Waals surface area contributed by atoms with Crippen LogP contribution in [0, 0.1) is 11.8 Å². The molecule has 5 nitrogen and oxygen atoms in total. The topological polar surface area (TPSA) is 75.4 Å². The lowest BCUT2D eigenvalue weighted by molar-refractivity contribution is -0.140. The second-order valence-corrected chi connectivity index (χ2v) is 5.70. The van der Waals surface area contributed by atoms with E-state index in [1.165, 1.54) is 4.90 Å². The predicted octanol–water partition coefficient (Wildman–Crippen LogP) is 0.735. The zero-order chi connectivity index (χ0) is 14.4. The van der Waals surface area contributed by atoms with E-state index in [2.05, 4.69) is 12.2 Å². The Morgan fingerprint density at radius 1 is 1.37 bits per heavy atom. The molecule has 1 aliphatic carbocycles. The van der Waals surface area contributed by atoms with E-state index in [0.717, 1.165) is 25.7 Å². The van der Waals surface area contributed by atoms with Crippen molar-refractivity contribution in [2.75, 3.05) is 20.1 Å². The minimum Gasteiger partial charge on any atom is -0.355 e. The molecule has 0 saturated heterocycles. The molecule has 1 saturated carbocycles. The summed E-state index contributed by atoms with van der Waals surface area (Å²) < 4.78 is 0. The molecule has 1 fully saturated rings. The Kier molecular flexibility index (Phi) is 6.28. The third-order valence-corrected chi connectivity index (χ3v) is 3.88. The summed E-state index contributed by atoms with van der Waals surface area (Å²) in [6, 6.07) is 0.118. The highest BCUT2D eigenvalue weighted by Crippen LogP contribution is 2.30. The molecular weight excluding hydrogens is 242 g/mol. The van der Waals surface area contributed by atoms with Crippen LogP contribution >= 0.6 is 0 Å². The lowest BCUT2D eigenvalue weighted by Gasteiger charge is -2.34. The SMILES string of the molecule is CCCNC(=O)CN(C)C(=O)C1CC(N)CCC1C. The first kappa shape index (κ1) is 16.0. The van der Waals surface area contributed by atoms with Gasteiger partial charge in [-0.05, 0) is 31.6 Å². The molecule has 0 bridgehead atoms. The molecule has 3 N–H and O–H groups in total. The van der Waals surface area contributed by atoms with Crippen LogP contribution in [0.5, 0.6) is 0 Å². The van der Waals surface area contributed by atoms with Crippen molar-refractivity contribution in [2.45, 2.75) is 45.6 Å². The summed E-state index contributed by atoms with van der Waals surface area (Å²) >= 11 is 0. The van der Waals surface area contributed by atoms with E-state index in [4.69, 9.17) is 5.73 Å². The average Bonchev–Trinajstić information content (AvgIpc) is 2.38. The van der Waals surface area contributed by atoms with Crippen LogP contribution < -0.4 is 11.1 Å². The number of likely N-dealkylation sites (N-methyl/N-ethyl adjacent to an activating group) is 1. The first-order valence-electron chi connectivity index (χ1n) is 7.23. The van der Waals surface area contributed by atoms with Gasteiger partial charge in [-0.1, -0.05) is 13.8 Å². The summed E-state index contributed by atoms with van der Waals surface area (Å²) in [5, 5.41) is 2.78. The first-order chi connectivity index (χ1) is 8.95. The predicted molar refractivity (Wildman–Crippen MR) is 75.4 cm³/mol. The van der Waals surface area contributed by atoms with Gasteiger partial charge in [-0.25, -0.2) is 0 Å². The Labute approximate surface area is 115 Å². The van der Waals surface area contributed by atoms with Crippen molar-refractivity contribution in [2.24, 2.45) is 17.6 Å². The fourth-order valence-electron chi connectivity index (χ4n) is 2.60. The van der Waals surface area contributed by atoms with Gasteiger partial charge in [0.1, 0.15) is 0 Å². The number of nitrogens with zero attached hydrogens (tertiary/aromatic N) is 1. The van der Waals surface area contributed by atoms with Crippen molar-refractivity contribution in [3.63, 3.8) is 0 Å². The minimum atomic E-state index is -0.0922. The van der Waals surface area contributed by atoms with Crippen LogP contribution in [-0.4, -0.2) is 42.9 Å². The van der Waals surface area contributed by atoms with Gasteiger partial charge in [0.15, 0.2) is 0 Å². The van der Waals surface area contributed by atoms with E-state index in [1.54, 1.807) is 7.05 Å². The second-order valence-electron chi connectivity index (χ2n) is 5.70. The highest BCUT2D eigenvalue weighted by molar-refractivity contribution is 5.85. The molecule has 19 heavy (non-hydrogen) atoms. The summed E-state index contributed by atoms with van der Waals surface area (Å²) in [4.78, 5) is 25.5. The number of hydrogen-bond acceptors (Lipinski definition) is 3. The van der Waals surface area contributed by atoms with Crippen molar-refractivity contribution in [1.29, 1.82) is 0 Å². The van der Waals surface area contributed by atoms with E-state index in [1.807, 2.05) is 6.92 Å². The van der Waals surface area contributed by atoms with Crippen LogP contribution in [0.4, 0.5) is 0 Å². The fourth-order valence-corrected chi connectivity index (χ4v) is 2.60. The monoisotopic (exact) mass is 269 g/mol. The van der Waals surface area contributed by atoms with Gasteiger partial charge >= 0.3 is 0 Å². The Morgan fingerprint density at radius 2 is 2.05 bits per heavy atom. The van der Waals surface area contributed by atoms with Crippen molar-refractivity contribution >= 4 is 11.8 Å². The summed E-state index contributed by atoms with van der Waals surface area (Å²) in [7, 11) is 1.70. The molecule has 0 aromatic rings. The molecular formula is C14H27N3O2. The molecule has 110 valence electrons. The number of carbonyl (C=O) groups excluding carboxylic acids is 2. The summed E-state index contributed by atoms with van der Waals surface area (Å²) in [6.45, 7) is 4.89. The number of amides is 2. The Bertz CT molecular complexity index is 320. The van der Waals surface area contributed by atoms with Crippen LogP contribution in [0.1, 0.15) is 39.5 Å². The third-order valence-electron chi connectivity index (χ3n) is 3.88. The number of hydrogen-bond donors (Lipinski definition) is 2. The largest absolute Gasteiger partial charge is 0.355 e.